The van der Waals surface area contributed by atoms with Crippen LogP contribution in [0.5, 0.6) is 0 Å². The first-order valence-corrected chi connectivity index (χ1v) is 21.3. The van der Waals surface area contributed by atoms with Gasteiger partial charge in [0.15, 0.2) is 0 Å². The van der Waals surface area contributed by atoms with E-state index >= 15 is 0 Å². The van der Waals surface area contributed by atoms with Crippen molar-refractivity contribution >= 4 is 11.9 Å². The summed E-state index contributed by atoms with van der Waals surface area (Å²) in [5.41, 5.74) is 0. The summed E-state index contributed by atoms with van der Waals surface area (Å²) in [6.45, 7) is 4.53. The molecule has 0 aromatic heterocycles. The van der Waals surface area contributed by atoms with Crippen LogP contribution in [0.3, 0.4) is 0 Å². The molecule has 0 heterocycles. The zero-order chi connectivity index (χ0) is 35.0. The molecule has 0 aliphatic rings. The van der Waals surface area contributed by atoms with Crippen LogP contribution < -0.4 is 0 Å². The normalized spacial score (nSPS) is 12.4. The van der Waals surface area contributed by atoms with Crippen molar-refractivity contribution in [1.29, 1.82) is 0 Å². The Morgan fingerprint density at radius 2 is 0.812 bits per heavy atom. The van der Waals surface area contributed by atoms with Gasteiger partial charge in [-0.05, 0) is 70.6 Å². The lowest BCUT2D eigenvalue weighted by Gasteiger charge is -2.18. The average molecular weight is 675 g/mol. The minimum absolute atomic E-state index is 0.0177. The van der Waals surface area contributed by atoms with Crippen molar-refractivity contribution in [3.63, 3.8) is 0 Å². The topological polar surface area (TPSA) is 63.6 Å². The Bertz CT molecular complexity index is 727. The van der Waals surface area contributed by atoms with Crippen LogP contribution in [-0.2, 0) is 14.3 Å². The lowest BCUT2D eigenvalue weighted by atomic mass is 10.0. The number of aliphatic carboxylic acids is 1. The molecule has 0 saturated carbocycles. The number of carboxylic acid groups (broad SMARTS) is 1. The van der Waals surface area contributed by atoms with Crippen LogP contribution in [0.1, 0.15) is 239 Å². The monoisotopic (exact) mass is 675 g/mol. The van der Waals surface area contributed by atoms with Crippen LogP contribution in [0.4, 0.5) is 0 Å². The average Bonchev–Trinajstić information content (AvgIpc) is 3.07. The minimum Gasteiger partial charge on any atom is -0.481 e. The first kappa shape index (κ1) is 46.4. The van der Waals surface area contributed by atoms with Gasteiger partial charge in [0.25, 0.3) is 0 Å². The van der Waals surface area contributed by atoms with E-state index in [0.717, 1.165) is 57.8 Å². The third-order valence-electron chi connectivity index (χ3n) is 9.68. The Labute approximate surface area is 299 Å². The highest BCUT2D eigenvalue weighted by Gasteiger charge is 2.14. The maximum absolute atomic E-state index is 12.7. The standard InChI is InChI=1S/C44H82O4/c1-3-5-7-9-11-13-15-16-17-18-19-20-22-24-29-33-37-41-44(47)48-42(39-35-31-27-25-28-32-36-40-43(45)46)38-34-30-26-23-21-14-12-10-8-6-4-2/h11,13,16-17,42H,3-10,12,14-15,18-41H2,1-2H3,(H,45,46)/b13-11-,17-16-. The smallest absolute Gasteiger partial charge is 0.306 e. The molecule has 48 heavy (non-hydrogen) atoms. The lowest BCUT2D eigenvalue weighted by Crippen LogP contribution is -2.18. The van der Waals surface area contributed by atoms with Gasteiger partial charge in [-0.1, -0.05) is 179 Å². The number of hydrogen-bond donors (Lipinski definition) is 1. The highest BCUT2D eigenvalue weighted by molar-refractivity contribution is 5.69. The Morgan fingerprint density at radius 3 is 1.27 bits per heavy atom. The van der Waals surface area contributed by atoms with Gasteiger partial charge >= 0.3 is 11.9 Å². The zero-order valence-electron chi connectivity index (χ0n) is 32.3. The lowest BCUT2D eigenvalue weighted by molar-refractivity contribution is -0.150. The van der Waals surface area contributed by atoms with Crippen LogP contribution >= 0.6 is 0 Å². The van der Waals surface area contributed by atoms with Crippen LogP contribution in [0.2, 0.25) is 0 Å². The first-order valence-electron chi connectivity index (χ1n) is 21.3. The molecule has 0 rings (SSSR count). The molecular weight excluding hydrogens is 592 g/mol. The number of rotatable bonds is 39. The molecule has 1 N–H and O–H groups in total. The zero-order valence-corrected chi connectivity index (χ0v) is 32.3. The Balaban J connectivity index is 4.04. The quantitative estimate of drug-likeness (QED) is 0.0400. The van der Waals surface area contributed by atoms with Crippen molar-refractivity contribution < 1.29 is 19.4 Å². The summed E-state index contributed by atoms with van der Waals surface area (Å²) >= 11 is 0. The second-order valence-corrected chi connectivity index (χ2v) is 14.5. The van der Waals surface area contributed by atoms with Crippen LogP contribution in [0.15, 0.2) is 24.3 Å². The minimum atomic E-state index is -0.685. The first-order chi connectivity index (χ1) is 23.6. The van der Waals surface area contributed by atoms with Crippen molar-refractivity contribution in [2.45, 2.75) is 245 Å². The molecule has 0 bridgehead atoms. The number of carboxylic acids is 1. The highest BCUT2D eigenvalue weighted by Crippen LogP contribution is 2.19. The van der Waals surface area contributed by atoms with E-state index in [-0.39, 0.29) is 12.1 Å². The number of carbonyl (C=O) groups excluding carboxylic acids is 1. The molecule has 0 aliphatic carbocycles. The maximum Gasteiger partial charge on any atom is 0.306 e. The van der Waals surface area contributed by atoms with Crippen LogP contribution in [0.25, 0.3) is 0 Å². The van der Waals surface area contributed by atoms with Gasteiger partial charge in [-0.25, -0.2) is 0 Å². The van der Waals surface area contributed by atoms with E-state index < -0.39 is 5.97 Å². The molecule has 4 nitrogen and oxygen atoms in total. The number of unbranched alkanes of at least 4 members (excludes halogenated alkanes) is 26. The molecule has 0 amide bonds. The summed E-state index contributed by atoms with van der Waals surface area (Å²) < 4.78 is 6.05. The summed E-state index contributed by atoms with van der Waals surface area (Å²) in [6, 6.07) is 0. The van der Waals surface area contributed by atoms with Gasteiger partial charge in [0, 0.05) is 12.8 Å². The Hall–Kier alpha value is -1.58. The van der Waals surface area contributed by atoms with E-state index in [1.165, 1.54) is 154 Å². The van der Waals surface area contributed by atoms with Crippen molar-refractivity contribution in [3.8, 4) is 0 Å². The van der Waals surface area contributed by atoms with Gasteiger partial charge in [0.1, 0.15) is 6.10 Å². The third-order valence-corrected chi connectivity index (χ3v) is 9.68. The SMILES string of the molecule is CCCCC/C=C\C/C=C\CCCCCCCCCC(=O)OC(CCCCCCCCCCCCC)CCCCCCCCCC(=O)O. The fourth-order valence-corrected chi connectivity index (χ4v) is 6.51. The van der Waals surface area contributed by atoms with E-state index in [0.29, 0.717) is 12.8 Å². The predicted molar refractivity (Wildman–Crippen MR) is 209 cm³/mol. The fraction of sp³-hybridized carbons (Fsp3) is 0.864. The van der Waals surface area contributed by atoms with E-state index in [4.69, 9.17) is 9.84 Å². The summed E-state index contributed by atoms with van der Waals surface area (Å²) in [7, 11) is 0. The van der Waals surface area contributed by atoms with Gasteiger partial charge in [-0.2, -0.15) is 0 Å². The van der Waals surface area contributed by atoms with Crippen molar-refractivity contribution in [1.82, 2.24) is 0 Å². The third kappa shape index (κ3) is 38.9. The molecule has 0 saturated heterocycles. The van der Waals surface area contributed by atoms with E-state index in [1.54, 1.807) is 0 Å². The number of allylic oxidation sites excluding steroid dienone is 4. The summed E-state index contributed by atoms with van der Waals surface area (Å²) in [5, 5.41) is 8.78. The molecule has 0 aromatic carbocycles. The number of carbonyl (C=O) groups is 2. The van der Waals surface area contributed by atoms with E-state index in [2.05, 4.69) is 38.2 Å². The number of esters is 1. The molecule has 0 spiro atoms. The summed E-state index contributed by atoms with van der Waals surface area (Å²) in [5.74, 6) is -0.668. The molecule has 0 aliphatic heterocycles. The Kier molecular flexibility index (Phi) is 38.5. The van der Waals surface area contributed by atoms with Gasteiger partial charge in [0.05, 0.1) is 0 Å². The second kappa shape index (κ2) is 39.9. The van der Waals surface area contributed by atoms with Gasteiger partial charge in [0.2, 0.25) is 0 Å². The maximum atomic E-state index is 12.7. The predicted octanol–water partition coefficient (Wildman–Crippen LogP) is 14.8. The van der Waals surface area contributed by atoms with Gasteiger partial charge in [-0.15, -0.1) is 0 Å². The molecular formula is C44H82O4. The van der Waals surface area contributed by atoms with Crippen LogP contribution in [0, 0.1) is 0 Å². The summed E-state index contributed by atoms with van der Waals surface area (Å²) in [6.07, 6.45) is 50.6. The van der Waals surface area contributed by atoms with E-state index in [9.17, 15) is 9.59 Å². The Morgan fingerprint density at radius 1 is 0.458 bits per heavy atom. The molecule has 282 valence electrons. The van der Waals surface area contributed by atoms with E-state index in [1.807, 2.05) is 0 Å². The highest BCUT2D eigenvalue weighted by atomic mass is 16.5. The molecule has 1 unspecified atom stereocenters. The number of ether oxygens (including phenoxy) is 1. The van der Waals surface area contributed by atoms with Crippen molar-refractivity contribution in [2.75, 3.05) is 0 Å². The van der Waals surface area contributed by atoms with Gasteiger partial charge in [-0.3, -0.25) is 9.59 Å². The van der Waals surface area contributed by atoms with Crippen LogP contribution in [-0.4, -0.2) is 23.1 Å². The summed E-state index contributed by atoms with van der Waals surface area (Å²) in [4.78, 5) is 23.4. The van der Waals surface area contributed by atoms with Crippen molar-refractivity contribution in [3.05, 3.63) is 24.3 Å². The largest absolute Gasteiger partial charge is 0.481 e. The molecule has 0 radical (unpaired) electrons. The molecule has 0 fully saturated rings. The molecule has 1 atom stereocenters. The molecule has 0 aromatic rings. The number of hydrogen-bond acceptors (Lipinski definition) is 3. The molecule has 4 heteroatoms. The van der Waals surface area contributed by atoms with Crippen molar-refractivity contribution in [2.24, 2.45) is 0 Å². The fourth-order valence-electron chi connectivity index (χ4n) is 6.51. The van der Waals surface area contributed by atoms with Gasteiger partial charge < -0.3 is 9.84 Å². The second-order valence-electron chi connectivity index (χ2n) is 14.5.